The van der Waals surface area contributed by atoms with Crippen molar-refractivity contribution in [1.29, 1.82) is 0 Å². The van der Waals surface area contributed by atoms with Crippen LogP contribution in [0.5, 0.6) is 0 Å². The van der Waals surface area contributed by atoms with E-state index in [9.17, 15) is 5.11 Å². The summed E-state index contributed by atoms with van der Waals surface area (Å²) in [7, 11) is 0. The number of hydrogen-bond donors (Lipinski definition) is 1. The van der Waals surface area contributed by atoms with E-state index < -0.39 is 0 Å². The van der Waals surface area contributed by atoms with Gasteiger partial charge in [0.15, 0.2) is 0 Å². The van der Waals surface area contributed by atoms with Gasteiger partial charge in [-0.1, -0.05) is 79.4 Å². The smallest absolute Gasteiger partial charge is 0.0818 e. The SMILES string of the molecule is CC(C)CCC[C@@H](C)[C@H]1CC[C@@]2(C[C@@H]3CO3)C3=CC[C@H]4C(C)(C)[C@@H](O)CC[C@]4(C)[C@H]3CC[C@]12C. The fraction of sp³-hybridized carbons (Fsp3) is 0.938. The molecule has 3 saturated carbocycles. The molecule has 0 aromatic carbocycles. The second-order valence-corrected chi connectivity index (χ2v) is 15.0. The number of aliphatic hydroxyl groups excluding tert-OH is 1. The summed E-state index contributed by atoms with van der Waals surface area (Å²) in [4.78, 5) is 0. The summed E-state index contributed by atoms with van der Waals surface area (Å²) < 4.78 is 5.94. The molecule has 0 spiro atoms. The summed E-state index contributed by atoms with van der Waals surface area (Å²) in [6, 6.07) is 0. The Morgan fingerprint density at radius 2 is 1.74 bits per heavy atom. The fourth-order valence-electron chi connectivity index (χ4n) is 10.5. The number of ether oxygens (including phenoxy) is 1. The Labute approximate surface area is 210 Å². The molecule has 5 rings (SSSR count). The normalized spacial score (nSPS) is 48.0. The zero-order valence-corrected chi connectivity index (χ0v) is 23.5. The van der Waals surface area contributed by atoms with Crippen LogP contribution in [-0.4, -0.2) is 23.9 Å². The lowest BCUT2D eigenvalue weighted by molar-refractivity contribution is -0.134. The molecule has 0 aromatic heterocycles. The maximum Gasteiger partial charge on any atom is 0.0818 e. The van der Waals surface area contributed by atoms with Crippen molar-refractivity contribution in [2.45, 2.75) is 131 Å². The number of rotatable bonds is 7. The van der Waals surface area contributed by atoms with Gasteiger partial charge in [-0.25, -0.2) is 0 Å². The van der Waals surface area contributed by atoms with E-state index in [1.165, 1.54) is 64.2 Å². The molecule has 2 nitrogen and oxygen atoms in total. The molecule has 2 heteroatoms. The predicted octanol–water partition coefficient (Wildman–Crippen LogP) is 8.18. The highest BCUT2D eigenvalue weighted by Crippen LogP contribution is 2.75. The zero-order chi connectivity index (χ0) is 24.5. The molecular weight excluding hydrogens is 416 g/mol. The molecule has 0 bridgehead atoms. The summed E-state index contributed by atoms with van der Waals surface area (Å²) in [5, 5.41) is 10.9. The third kappa shape index (κ3) is 3.70. The van der Waals surface area contributed by atoms with Crippen molar-refractivity contribution in [3.8, 4) is 0 Å². The van der Waals surface area contributed by atoms with Crippen molar-refractivity contribution in [2.24, 2.45) is 51.2 Å². The molecule has 1 saturated heterocycles. The summed E-state index contributed by atoms with van der Waals surface area (Å²) in [5.74, 6) is 3.82. The molecule has 4 fully saturated rings. The fourth-order valence-corrected chi connectivity index (χ4v) is 10.5. The van der Waals surface area contributed by atoms with Crippen molar-refractivity contribution < 1.29 is 9.84 Å². The average Bonchev–Trinajstić information content (AvgIpc) is 3.51. The van der Waals surface area contributed by atoms with E-state index in [1.807, 2.05) is 5.57 Å². The van der Waals surface area contributed by atoms with Gasteiger partial charge in [0.25, 0.3) is 0 Å². The highest BCUT2D eigenvalue weighted by atomic mass is 16.6. The lowest BCUT2D eigenvalue weighted by atomic mass is 9.40. The monoisotopic (exact) mass is 470 g/mol. The Morgan fingerprint density at radius 1 is 1.00 bits per heavy atom. The number of aliphatic hydroxyl groups is 1. The highest BCUT2D eigenvalue weighted by Gasteiger charge is 2.67. The first kappa shape index (κ1) is 25.3. The van der Waals surface area contributed by atoms with Gasteiger partial charge in [-0.3, -0.25) is 0 Å². The third-order valence-electron chi connectivity index (χ3n) is 12.7. The van der Waals surface area contributed by atoms with E-state index in [0.29, 0.717) is 34.2 Å². The predicted molar refractivity (Wildman–Crippen MR) is 142 cm³/mol. The molecule has 5 aliphatic rings. The van der Waals surface area contributed by atoms with Gasteiger partial charge in [0.1, 0.15) is 0 Å². The number of allylic oxidation sites excluding steroid dienone is 2. The zero-order valence-electron chi connectivity index (χ0n) is 23.5. The molecule has 1 aliphatic heterocycles. The van der Waals surface area contributed by atoms with Crippen LogP contribution < -0.4 is 0 Å². The molecule has 194 valence electrons. The lowest BCUT2D eigenvalue weighted by Crippen LogP contribution is -2.58. The van der Waals surface area contributed by atoms with Gasteiger partial charge < -0.3 is 9.84 Å². The van der Waals surface area contributed by atoms with Gasteiger partial charge in [0.2, 0.25) is 0 Å². The molecule has 0 unspecified atom stereocenters. The molecule has 0 amide bonds. The minimum atomic E-state index is -0.147. The molecule has 0 radical (unpaired) electrons. The molecule has 34 heavy (non-hydrogen) atoms. The first-order chi connectivity index (χ1) is 16.0. The van der Waals surface area contributed by atoms with Crippen molar-refractivity contribution in [3.05, 3.63) is 11.6 Å². The van der Waals surface area contributed by atoms with Crippen LogP contribution >= 0.6 is 0 Å². The van der Waals surface area contributed by atoms with Crippen LogP contribution in [0.1, 0.15) is 119 Å². The van der Waals surface area contributed by atoms with Crippen LogP contribution in [0, 0.1) is 51.2 Å². The summed E-state index contributed by atoms with van der Waals surface area (Å²) in [5.41, 5.74) is 2.99. The van der Waals surface area contributed by atoms with Crippen LogP contribution in [0.15, 0.2) is 11.6 Å². The second kappa shape index (κ2) is 8.61. The Hall–Kier alpha value is -0.340. The highest BCUT2D eigenvalue weighted by molar-refractivity contribution is 5.34. The van der Waals surface area contributed by atoms with Gasteiger partial charge >= 0.3 is 0 Å². The first-order valence-electron chi connectivity index (χ1n) is 15.0. The van der Waals surface area contributed by atoms with Crippen molar-refractivity contribution in [2.75, 3.05) is 6.61 Å². The summed E-state index contributed by atoms with van der Waals surface area (Å²) in [6.07, 6.45) is 17.5. The third-order valence-corrected chi connectivity index (χ3v) is 12.7. The van der Waals surface area contributed by atoms with Gasteiger partial charge in [-0.05, 0) is 103 Å². The molecule has 4 aliphatic carbocycles. The lowest BCUT2D eigenvalue weighted by Gasteiger charge is -2.65. The first-order valence-corrected chi connectivity index (χ1v) is 15.0. The molecule has 1 heterocycles. The molecular formula is C32H54O2. The minimum absolute atomic E-state index is 0.0195. The van der Waals surface area contributed by atoms with E-state index in [2.05, 4.69) is 54.5 Å². The van der Waals surface area contributed by atoms with Gasteiger partial charge in [0, 0.05) is 0 Å². The minimum Gasteiger partial charge on any atom is -0.393 e. The van der Waals surface area contributed by atoms with Crippen LogP contribution in [0.4, 0.5) is 0 Å². The maximum absolute atomic E-state index is 10.9. The van der Waals surface area contributed by atoms with Crippen molar-refractivity contribution in [1.82, 2.24) is 0 Å². The number of epoxide rings is 1. The number of hydrogen-bond acceptors (Lipinski definition) is 2. The van der Waals surface area contributed by atoms with Gasteiger partial charge in [0.05, 0.1) is 18.8 Å². The summed E-state index contributed by atoms with van der Waals surface area (Å²) >= 11 is 0. The second-order valence-electron chi connectivity index (χ2n) is 15.0. The standard InChI is InChI=1S/C32H54O2/c1-21(2)9-8-10-22(3)24-14-18-32(19-23-20-34-23)26-11-12-27-29(4,5)28(33)15-16-30(27,6)25(26)13-17-31(24,32)7/h11,21-25,27-28,33H,8-10,12-20H2,1-7H3/t22-,23-,24-,25+,27+,28+,30-,31-,32-/m1/s1. The van der Waals surface area contributed by atoms with Crippen LogP contribution in [0.3, 0.4) is 0 Å². The Kier molecular flexibility index (Phi) is 6.41. The van der Waals surface area contributed by atoms with Gasteiger partial charge in [-0.15, -0.1) is 0 Å². The molecule has 0 aromatic rings. The number of fused-ring (bicyclic) bond motifs is 5. The average molecular weight is 471 g/mol. The Morgan fingerprint density at radius 3 is 2.41 bits per heavy atom. The molecule has 9 atom stereocenters. The van der Waals surface area contributed by atoms with Crippen molar-refractivity contribution >= 4 is 0 Å². The maximum atomic E-state index is 10.9. The van der Waals surface area contributed by atoms with Crippen LogP contribution in [-0.2, 0) is 4.74 Å². The van der Waals surface area contributed by atoms with E-state index in [0.717, 1.165) is 30.8 Å². The quantitative estimate of drug-likeness (QED) is 0.300. The van der Waals surface area contributed by atoms with Crippen molar-refractivity contribution in [3.63, 3.8) is 0 Å². The Bertz CT molecular complexity index is 793. The Balaban J connectivity index is 1.48. The van der Waals surface area contributed by atoms with Crippen LogP contribution in [0.25, 0.3) is 0 Å². The van der Waals surface area contributed by atoms with E-state index >= 15 is 0 Å². The van der Waals surface area contributed by atoms with E-state index in [-0.39, 0.29) is 11.5 Å². The van der Waals surface area contributed by atoms with Gasteiger partial charge in [-0.2, -0.15) is 0 Å². The topological polar surface area (TPSA) is 32.8 Å². The van der Waals surface area contributed by atoms with Crippen LogP contribution in [0.2, 0.25) is 0 Å². The largest absolute Gasteiger partial charge is 0.393 e. The van der Waals surface area contributed by atoms with E-state index in [1.54, 1.807) is 0 Å². The molecule has 1 N–H and O–H groups in total. The van der Waals surface area contributed by atoms with E-state index in [4.69, 9.17) is 4.74 Å². The summed E-state index contributed by atoms with van der Waals surface area (Å²) in [6.45, 7) is 18.4.